The molecular weight excluding hydrogens is 258 g/mol. The first kappa shape index (κ1) is 15.1. The molecule has 1 saturated carbocycles. The van der Waals surface area contributed by atoms with Gasteiger partial charge in [0.25, 0.3) is 0 Å². The Morgan fingerprint density at radius 3 is 2.60 bits per heavy atom. The number of rotatable bonds is 6. The van der Waals surface area contributed by atoms with Crippen LogP contribution in [-0.2, 0) is 4.79 Å². The van der Waals surface area contributed by atoms with Gasteiger partial charge in [0.05, 0.1) is 0 Å². The van der Waals surface area contributed by atoms with Crippen molar-refractivity contribution < 1.29 is 14.7 Å². The second kappa shape index (κ2) is 6.43. The van der Waals surface area contributed by atoms with Gasteiger partial charge in [0.15, 0.2) is 0 Å². The molecule has 2 N–H and O–H groups in total. The number of nitrogens with zero attached hydrogens (tertiary/aromatic N) is 2. The summed E-state index contributed by atoms with van der Waals surface area (Å²) in [6.45, 7) is 6.14. The highest BCUT2D eigenvalue weighted by Crippen LogP contribution is 2.29. The zero-order chi connectivity index (χ0) is 14.7. The number of carbonyl (C=O) groups excluding carboxylic acids is 1. The van der Waals surface area contributed by atoms with Gasteiger partial charge in [0.1, 0.15) is 6.54 Å². The number of hydrogen-bond acceptors (Lipinski definition) is 3. The van der Waals surface area contributed by atoms with Crippen LogP contribution in [0.15, 0.2) is 0 Å². The quantitative estimate of drug-likeness (QED) is 0.762. The van der Waals surface area contributed by atoms with Crippen LogP contribution in [0.1, 0.15) is 33.1 Å². The first-order valence-electron chi connectivity index (χ1n) is 7.47. The Balaban J connectivity index is 1.82. The summed E-state index contributed by atoms with van der Waals surface area (Å²) < 4.78 is 0. The Kier molecular flexibility index (Phi) is 4.86. The number of hydrogen-bond donors (Lipinski definition) is 2. The van der Waals surface area contributed by atoms with E-state index in [9.17, 15) is 9.59 Å². The molecule has 20 heavy (non-hydrogen) atoms. The smallest absolute Gasteiger partial charge is 0.323 e. The van der Waals surface area contributed by atoms with Gasteiger partial charge in [-0.05, 0) is 25.2 Å². The standard InChI is InChI=1S/C14H25N3O3/c1-10(2)7-17(9-13(18)19)14(20)15-11-5-6-16(8-11)12-3-4-12/h10-12H,3-9H2,1-2H3,(H,15,20)(H,18,19). The first-order valence-corrected chi connectivity index (χ1v) is 7.47. The lowest BCUT2D eigenvalue weighted by atomic mass is 10.2. The molecule has 0 radical (unpaired) electrons. The van der Waals surface area contributed by atoms with Gasteiger partial charge >= 0.3 is 12.0 Å². The van der Waals surface area contributed by atoms with Crippen molar-refractivity contribution in [2.45, 2.75) is 45.2 Å². The maximum atomic E-state index is 12.2. The van der Waals surface area contributed by atoms with Gasteiger partial charge in [-0.2, -0.15) is 0 Å². The van der Waals surface area contributed by atoms with E-state index >= 15 is 0 Å². The molecule has 1 unspecified atom stereocenters. The van der Waals surface area contributed by atoms with Crippen LogP contribution < -0.4 is 5.32 Å². The molecule has 0 aromatic carbocycles. The Bertz CT molecular complexity index is 369. The van der Waals surface area contributed by atoms with Crippen LogP contribution in [0, 0.1) is 5.92 Å². The SMILES string of the molecule is CC(C)CN(CC(=O)O)C(=O)NC1CCN(C2CC2)C1. The van der Waals surface area contributed by atoms with E-state index in [1.807, 2.05) is 13.8 Å². The van der Waals surface area contributed by atoms with Gasteiger partial charge < -0.3 is 15.3 Å². The van der Waals surface area contributed by atoms with Crippen LogP contribution in [0.4, 0.5) is 4.79 Å². The van der Waals surface area contributed by atoms with E-state index in [0.717, 1.165) is 25.6 Å². The van der Waals surface area contributed by atoms with Crippen molar-refractivity contribution in [1.82, 2.24) is 15.1 Å². The lowest BCUT2D eigenvalue weighted by Crippen LogP contribution is -2.48. The van der Waals surface area contributed by atoms with Crippen molar-refractivity contribution in [3.05, 3.63) is 0 Å². The average molecular weight is 283 g/mol. The molecule has 2 fully saturated rings. The zero-order valence-electron chi connectivity index (χ0n) is 12.3. The number of likely N-dealkylation sites (tertiary alicyclic amines) is 1. The highest BCUT2D eigenvalue weighted by atomic mass is 16.4. The topological polar surface area (TPSA) is 72.9 Å². The molecule has 6 heteroatoms. The minimum atomic E-state index is -0.966. The lowest BCUT2D eigenvalue weighted by molar-refractivity contribution is -0.137. The summed E-state index contributed by atoms with van der Waals surface area (Å²) in [6.07, 6.45) is 3.52. The summed E-state index contributed by atoms with van der Waals surface area (Å²) in [5.41, 5.74) is 0. The van der Waals surface area contributed by atoms with Gasteiger partial charge in [-0.1, -0.05) is 13.8 Å². The van der Waals surface area contributed by atoms with E-state index in [2.05, 4.69) is 10.2 Å². The normalized spacial score (nSPS) is 23.1. The van der Waals surface area contributed by atoms with Crippen molar-refractivity contribution in [1.29, 1.82) is 0 Å². The van der Waals surface area contributed by atoms with E-state index in [4.69, 9.17) is 5.11 Å². The molecule has 0 aromatic heterocycles. The molecule has 6 nitrogen and oxygen atoms in total. The number of carbonyl (C=O) groups is 2. The number of aliphatic carboxylic acids is 1. The second-order valence-corrected chi connectivity index (χ2v) is 6.33. The van der Waals surface area contributed by atoms with Gasteiger partial charge in [-0.3, -0.25) is 9.69 Å². The van der Waals surface area contributed by atoms with Crippen LogP contribution in [0.2, 0.25) is 0 Å². The minimum Gasteiger partial charge on any atom is -0.480 e. The van der Waals surface area contributed by atoms with E-state index in [1.165, 1.54) is 17.7 Å². The largest absolute Gasteiger partial charge is 0.480 e. The molecule has 1 aliphatic heterocycles. The molecule has 0 aromatic rings. The molecule has 2 rings (SSSR count). The summed E-state index contributed by atoms with van der Waals surface area (Å²) in [5, 5.41) is 11.9. The number of amides is 2. The van der Waals surface area contributed by atoms with Crippen molar-refractivity contribution in [3.63, 3.8) is 0 Å². The summed E-state index contributed by atoms with van der Waals surface area (Å²) in [6, 6.07) is 0.637. The Morgan fingerprint density at radius 2 is 2.05 bits per heavy atom. The maximum Gasteiger partial charge on any atom is 0.323 e. The highest BCUT2D eigenvalue weighted by Gasteiger charge is 2.35. The number of urea groups is 1. The predicted molar refractivity (Wildman–Crippen MR) is 75.6 cm³/mol. The van der Waals surface area contributed by atoms with Crippen molar-refractivity contribution in [3.8, 4) is 0 Å². The molecule has 1 saturated heterocycles. The van der Waals surface area contributed by atoms with E-state index in [1.54, 1.807) is 0 Å². The molecule has 0 spiro atoms. The van der Waals surface area contributed by atoms with E-state index < -0.39 is 5.97 Å². The van der Waals surface area contributed by atoms with Crippen LogP contribution in [0.5, 0.6) is 0 Å². The average Bonchev–Trinajstić information content (AvgIpc) is 3.08. The zero-order valence-corrected chi connectivity index (χ0v) is 12.3. The molecule has 1 heterocycles. The van der Waals surface area contributed by atoms with Gasteiger partial charge in [0.2, 0.25) is 0 Å². The van der Waals surface area contributed by atoms with Crippen LogP contribution in [0.25, 0.3) is 0 Å². The van der Waals surface area contributed by atoms with Gasteiger partial charge in [-0.15, -0.1) is 0 Å². The van der Waals surface area contributed by atoms with Crippen molar-refractivity contribution in [2.75, 3.05) is 26.2 Å². The van der Waals surface area contributed by atoms with E-state index in [0.29, 0.717) is 6.54 Å². The number of nitrogens with one attached hydrogen (secondary N) is 1. The third-order valence-electron chi connectivity index (χ3n) is 3.81. The Labute approximate surface area is 120 Å². The fourth-order valence-corrected chi connectivity index (χ4v) is 2.77. The third-order valence-corrected chi connectivity index (χ3v) is 3.81. The summed E-state index contributed by atoms with van der Waals surface area (Å²) in [5.74, 6) is -0.710. The second-order valence-electron chi connectivity index (χ2n) is 6.33. The van der Waals surface area contributed by atoms with Crippen molar-refractivity contribution >= 4 is 12.0 Å². The fraction of sp³-hybridized carbons (Fsp3) is 0.857. The van der Waals surface area contributed by atoms with Crippen LogP contribution in [-0.4, -0.2) is 65.2 Å². The monoisotopic (exact) mass is 283 g/mol. The number of carboxylic acid groups (broad SMARTS) is 1. The van der Waals surface area contributed by atoms with E-state index in [-0.39, 0.29) is 24.5 Å². The summed E-state index contributed by atoms with van der Waals surface area (Å²) in [4.78, 5) is 26.9. The minimum absolute atomic E-state index is 0.159. The maximum absolute atomic E-state index is 12.2. The summed E-state index contributed by atoms with van der Waals surface area (Å²) in [7, 11) is 0. The fourth-order valence-electron chi connectivity index (χ4n) is 2.77. The molecule has 0 bridgehead atoms. The van der Waals surface area contributed by atoms with Gasteiger partial charge in [-0.25, -0.2) is 4.79 Å². The Hall–Kier alpha value is -1.30. The highest BCUT2D eigenvalue weighted by molar-refractivity contribution is 5.80. The Morgan fingerprint density at radius 1 is 1.35 bits per heavy atom. The predicted octanol–water partition coefficient (Wildman–Crippen LogP) is 0.975. The number of carboxylic acids is 1. The molecule has 1 atom stereocenters. The van der Waals surface area contributed by atoms with Crippen LogP contribution >= 0.6 is 0 Å². The summed E-state index contributed by atoms with van der Waals surface area (Å²) >= 11 is 0. The molecule has 2 amide bonds. The van der Waals surface area contributed by atoms with Gasteiger partial charge in [0, 0.05) is 31.7 Å². The molecule has 1 aliphatic carbocycles. The lowest BCUT2D eigenvalue weighted by Gasteiger charge is -2.25. The molecular formula is C14H25N3O3. The molecule has 114 valence electrons. The molecule has 2 aliphatic rings. The van der Waals surface area contributed by atoms with Crippen molar-refractivity contribution in [2.24, 2.45) is 5.92 Å². The van der Waals surface area contributed by atoms with Crippen LogP contribution in [0.3, 0.4) is 0 Å². The third kappa shape index (κ3) is 4.37. The first-order chi connectivity index (χ1) is 9.45.